The number of rotatable bonds is 6. The van der Waals surface area contributed by atoms with Crippen LogP contribution in [-0.4, -0.2) is 14.9 Å². The quantitative estimate of drug-likeness (QED) is 0.890. The van der Waals surface area contributed by atoms with E-state index in [-0.39, 0.29) is 6.61 Å². The van der Waals surface area contributed by atoms with Crippen LogP contribution in [0.3, 0.4) is 0 Å². The van der Waals surface area contributed by atoms with E-state index in [1.54, 1.807) is 6.07 Å². The first-order chi connectivity index (χ1) is 9.69. The van der Waals surface area contributed by atoms with Gasteiger partial charge in [-0.25, -0.2) is 0 Å². The Labute approximate surface area is 123 Å². The van der Waals surface area contributed by atoms with Crippen molar-refractivity contribution in [3.63, 3.8) is 0 Å². The number of aromatic nitrogens is 2. The number of benzene rings is 1. The summed E-state index contributed by atoms with van der Waals surface area (Å²) in [6.45, 7) is 5.21. The Morgan fingerprint density at radius 1 is 1.35 bits per heavy atom. The van der Waals surface area contributed by atoms with Gasteiger partial charge in [-0.2, -0.15) is 5.10 Å². The van der Waals surface area contributed by atoms with Crippen molar-refractivity contribution in [2.45, 2.75) is 40.0 Å². The summed E-state index contributed by atoms with van der Waals surface area (Å²) in [5.74, 6) is 0.613. The molecule has 1 heterocycles. The third-order valence-corrected chi connectivity index (χ3v) is 3.54. The predicted molar refractivity (Wildman–Crippen MR) is 79.0 cm³/mol. The van der Waals surface area contributed by atoms with Crippen LogP contribution in [0.5, 0.6) is 5.75 Å². The summed E-state index contributed by atoms with van der Waals surface area (Å²) in [6, 6.07) is 7.41. The van der Waals surface area contributed by atoms with Gasteiger partial charge in [0.25, 0.3) is 0 Å². The topological polar surface area (TPSA) is 47.3 Å². The SMILES string of the molecule is CCc1cc(COc2cccc(Cl)c2CO)n(CC)n1. The zero-order valence-electron chi connectivity index (χ0n) is 11.8. The fourth-order valence-electron chi connectivity index (χ4n) is 2.06. The maximum absolute atomic E-state index is 9.36. The van der Waals surface area contributed by atoms with E-state index in [9.17, 15) is 5.11 Å². The fraction of sp³-hybridized carbons (Fsp3) is 0.400. The molecule has 4 nitrogen and oxygen atoms in total. The van der Waals surface area contributed by atoms with Gasteiger partial charge in [0.2, 0.25) is 0 Å². The Hall–Kier alpha value is -1.52. The number of aliphatic hydroxyl groups excluding tert-OH is 1. The van der Waals surface area contributed by atoms with E-state index in [0.29, 0.717) is 22.9 Å². The minimum absolute atomic E-state index is 0.137. The van der Waals surface area contributed by atoms with Crippen molar-refractivity contribution in [3.05, 3.63) is 46.2 Å². The average molecular weight is 295 g/mol. The second-order valence-corrected chi connectivity index (χ2v) is 4.87. The summed E-state index contributed by atoms with van der Waals surface area (Å²) >= 11 is 6.04. The number of ether oxygens (including phenoxy) is 1. The van der Waals surface area contributed by atoms with Crippen molar-refractivity contribution in [2.75, 3.05) is 0 Å². The smallest absolute Gasteiger partial charge is 0.130 e. The van der Waals surface area contributed by atoms with Crippen molar-refractivity contribution >= 4 is 11.6 Å². The fourth-order valence-corrected chi connectivity index (χ4v) is 2.28. The Balaban J connectivity index is 2.16. The zero-order valence-corrected chi connectivity index (χ0v) is 12.5. The van der Waals surface area contributed by atoms with E-state index in [1.807, 2.05) is 22.9 Å². The van der Waals surface area contributed by atoms with Gasteiger partial charge in [0.05, 0.1) is 18.0 Å². The second-order valence-electron chi connectivity index (χ2n) is 4.46. The van der Waals surface area contributed by atoms with Crippen LogP contribution in [0.25, 0.3) is 0 Å². The van der Waals surface area contributed by atoms with Gasteiger partial charge in [-0.3, -0.25) is 4.68 Å². The van der Waals surface area contributed by atoms with E-state index in [0.717, 1.165) is 24.4 Å². The van der Waals surface area contributed by atoms with Crippen LogP contribution in [-0.2, 0) is 26.2 Å². The summed E-state index contributed by atoms with van der Waals surface area (Å²) in [6.07, 6.45) is 0.902. The number of nitrogens with zero attached hydrogens (tertiary/aromatic N) is 2. The molecule has 5 heteroatoms. The van der Waals surface area contributed by atoms with Crippen molar-refractivity contribution < 1.29 is 9.84 Å². The monoisotopic (exact) mass is 294 g/mol. The van der Waals surface area contributed by atoms with Gasteiger partial charge >= 0.3 is 0 Å². The van der Waals surface area contributed by atoms with Gasteiger partial charge in [0.15, 0.2) is 0 Å². The molecule has 108 valence electrons. The maximum Gasteiger partial charge on any atom is 0.130 e. The third kappa shape index (κ3) is 3.14. The molecule has 0 saturated heterocycles. The normalized spacial score (nSPS) is 10.8. The van der Waals surface area contributed by atoms with Gasteiger partial charge in [-0.05, 0) is 31.5 Å². The average Bonchev–Trinajstić information content (AvgIpc) is 2.87. The van der Waals surface area contributed by atoms with Crippen LogP contribution in [0.4, 0.5) is 0 Å². The highest BCUT2D eigenvalue weighted by atomic mass is 35.5. The molecular formula is C15H19ClN2O2. The van der Waals surface area contributed by atoms with Crippen LogP contribution < -0.4 is 4.74 Å². The molecule has 0 amide bonds. The number of hydrogen-bond donors (Lipinski definition) is 1. The van der Waals surface area contributed by atoms with Crippen molar-refractivity contribution in [1.29, 1.82) is 0 Å². The van der Waals surface area contributed by atoms with Crippen LogP contribution in [0, 0.1) is 0 Å². The molecule has 2 aromatic rings. The summed E-state index contributed by atoms with van der Waals surface area (Å²) < 4.78 is 7.72. The van der Waals surface area contributed by atoms with Gasteiger partial charge in [0.1, 0.15) is 12.4 Å². The minimum atomic E-state index is -0.137. The van der Waals surface area contributed by atoms with Gasteiger partial charge in [0, 0.05) is 17.1 Å². The molecule has 1 aromatic carbocycles. The molecule has 1 N–H and O–H groups in total. The lowest BCUT2D eigenvalue weighted by Crippen LogP contribution is -2.07. The highest BCUT2D eigenvalue weighted by Crippen LogP contribution is 2.27. The van der Waals surface area contributed by atoms with Crippen LogP contribution in [0.2, 0.25) is 5.02 Å². The first-order valence-electron chi connectivity index (χ1n) is 6.76. The molecule has 0 unspecified atom stereocenters. The first-order valence-corrected chi connectivity index (χ1v) is 7.14. The maximum atomic E-state index is 9.36. The molecule has 0 atom stereocenters. The van der Waals surface area contributed by atoms with Crippen LogP contribution in [0.1, 0.15) is 30.8 Å². The van der Waals surface area contributed by atoms with E-state index in [2.05, 4.69) is 18.9 Å². The van der Waals surface area contributed by atoms with Crippen molar-refractivity contribution in [3.8, 4) is 5.75 Å². The van der Waals surface area contributed by atoms with Crippen LogP contribution >= 0.6 is 11.6 Å². The molecule has 0 fully saturated rings. The lowest BCUT2D eigenvalue weighted by atomic mass is 10.2. The Bertz CT molecular complexity index is 581. The summed E-state index contributed by atoms with van der Waals surface area (Å²) in [7, 11) is 0. The number of hydrogen-bond acceptors (Lipinski definition) is 3. The summed E-state index contributed by atoms with van der Waals surface area (Å²) in [4.78, 5) is 0. The van der Waals surface area contributed by atoms with E-state index >= 15 is 0 Å². The molecule has 20 heavy (non-hydrogen) atoms. The molecule has 0 aliphatic rings. The predicted octanol–water partition coefficient (Wildman–Crippen LogP) is 3.19. The molecule has 0 aliphatic carbocycles. The molecule has 1 aromatic heterocycles. The second kappa shape index (κ2) is 6.77. The highest BCUT2D eigenvalue weighted by Gasteiger charge is 2.10. The van der Waals surface area contributed by atoms with Crippen LogP contribution in [0.15, 0.2) is 24.3 Å². The Kier molecular flexibility index (Phi) is 5.04. The molecule has 0 bridgehead atoms. The summed E-state index contributed by atoms with van der Waals surface area (Å²) in [5.41, 5.74) is 2.69. The Morgan fingerprint density at radius 3 is 2.80 bits per heavy atom. The summed E-state index contributed by atoms with van der Waals surface area (Å²) in [5, 5.41) is 14.4. The first kappa shape index (κ1) is 14.9. The molecule has 0 saturated carbocycles. The lowest BCUT2D eigenvalue weighted by molar-refractivity contribution is 0.255. The molecular weight excluding hydrogens is 276 g/mol. The minimum Gasteiger partial charge on any atom is -0.487 e. The molecule has 2 rings (SSSR count). The van der Waals surface area contributed by atoms with Gasteiger partial charge in [-0.15, -0.1) is 0 Å². The van der Waals surface area contributed by atoms with Crippen molar-refractivity contribution in [1.82, 2.24) is 9.78 Å². The molecule has 0 radical (unpaired) electrons. The third-order valence-electron chi connectivity index (χ3n) is 3.19. The van der Waals surface area contributed by atoms with E-state index in [4.69, 9.17) is 16.3 Å². The van der Waals surface area contributed by atoms with Crippen molar-refractivity contribution in [2.24, 2.45) is 0 Å². The van der Waals surface area contributed by atoms with Gasteiger partial charge < -0.3 is 9.84 Å². The van der Waals surface area contributed by atoms with E-state index in [1.165, 1.54) is 0 Å². The Morgan fingerprint density at radius 2 is 2.15 bits per heavy atom. The van der Waals surface area contributed by atoms with E-state index < -0.39 is 0 Å². The number of aryl methyl sites for hydroxylation is 2. The number of halogens is 1. The molecule has 0 aliphatic heterocycles. The highest BCUT2D eigenvalue weighted by molar-refractivity contribution is 6.31. The number of aliphatic hydroxyl groups is 1. The zero-order chi connectivity index (χ0) is 14.5. The van der Waals surface area contributed by atoms with Gasteiger partial charge in [-0.1, -0.05) is 24.6 Å². The molecule has 0 spiro atoms. The lowest BCUT2D eigenvalue weighted by Gasteiger charge is -2.11. The standard InChI is InChI=1S/C15H19ClN2O2/c1-3-11-8-12(18(4-2)17-11)10-20-15-7-5-6-14(16)13(15)9-19/h5-8,19H,3-4,9-10H2,1-2H3. The largest absolute Gasteiger partial charge is 0.487 e.